The number of amides is 1. The van der Waals surface area contributed by atoms with Crippen molar-refractivity contribution >= 4 is 33.4 Å². The Morgan fingerprint density at radius 3 is 2.90 bits per heavy atom. The zero-order chi connectivity index (χ0) is 21.1. The van der Waals surface area contributed by atoms with Gasteiger partial charge in [-0.05, 0) is 31.7 Å². The molecular formula is C23H28N4O2S. The van der Waals surface area contributed by atoms with E-state index in [4.69, 9.17) is 4.98 Å². The highest BCUT2D eigenvalue weighted by molar-refractivity contribution is 7.17. The van der Waals surface area contributed by atoms with E-state index >= 15 is 0 Å². The number of rotatable bonds is 6. The van der Waals surface area contributed by atoms with E-state index in [1.807, 2.05) is 10.3 Å². The maximum absolute atomic E-state index is 12.7. The SMILES string of the molecule is CCCCNC(=O)[C@@H]1CCCN(c2nc3c(-c4ccc(C)cc4)csc3c(=O)[nH]2)C1. The summed E-state index contributed by atoms with van der Waals surface area (Å²) >= 11 is 1.42. The number of hydrogen-bond donors (Lipinski definition) is 2. The van der Waals surface area contributed by atoms with Crippen LogP contribution in [0.15, 0.2) is 34.4 Å². The van der Waals surface area contributed by atoms with Crippen LogP contribution < -0.4 is 15.8 Å². The lowest BCUT2D eigenvalue weighted by atomic mass is 9.97. The molecule has 0 spiro atoms. The molecule has 2 N–H and O–H groups in total. The predicted molar refractivity (Wildman–Crippen MR) is 123 cm³/mol. The average Bonchev–Trinajstić information content (AvgIpc) is 3.19. The highest BCUT2D eigenvalue weighted by atomic mass is 32.1. The third kappa shape index (κ3) is 4.26. The van der Waals surface area contributed by atoms with Gasteiger partial charge in [-0.25, -0.2) is 4.98 Å². The Labute approximate surface area is 180 Å². The fraction of sp³-hybridized carbons (Fsp3) is 0.435. The second-order valence-corrected chi connectivity index (χ2v) is 8.89. The van der Waals surface area contributed by atoms with Crippen LogP contribution in [-0.2, 0) is 4.79 Å². The summed E-state index contributed by atoms with van der Waals surface area (Å²) < 4.78 is 0.639. The van der Waals surface area contributed by atoms with Crippen LogP contribution in [0.2, 0.25) is 0 Å². The van der Waals surface area contributed by atoms with Crippen LogP contribution in [0.4, 0.5) is 5.95 Å². The monoisotopic (exact) mass is 424 g/mol. The molecule has 1 aliphatic heterocycles. The van der Waals surface area contributed by atoms with Crippen molar-refractivity contribution in [2.24, 2.45) is 5.92 Å². The zero-order valence-corrected chi connectivity index (χ0v) is 18.3. The summed E-state index contributed by atoms with van der Waals surface area (Å²) in [5.74, 6) is 0.591. The van der Waals surface area contributed by atoms with Crippen molar-refractivity contribution in [3.63, 3.8) is 0 Å². The van der Waals surface area contributed by atoms with Gasteiger partial charge in [-0.2, -0.15) is 0 Å². The van der Waals surface area contributed by atoms with E-state index in [0.29, 0.717) is 17.2 Å². The number of H-pyrrole nitrogens is 1. The van der Waals surface area contributed by atoms with Crippen molar-refractivity contribution in [3.8, 4) is 11.1 Å². The van der Waals surface area contributed by atoms with Crippen molar-refractivity contribution in [3.05, 3.63) is 45.6 Å². The van der Waals surface area contributed by atoms with Crippen LogP contribution in [0.25, 0.3) is 21.3 Å². The van der Waals surface area contributed by atoms with E-state index in [1.165, 1.54) is 16.9 Å². The number of piperidine rings is 1. The molecule has 1 amide bonds. The number of anilines is 1. The van der Waals surface area contributed by atoms with Gasteiger partial charge in [0, 0.05) is 30.6 Å². The van der Waals surface area contributed by atoms with Gasteiger partial charge in [0.1, 0.15) is 4.70 Å². The normalized spacial score (nSPS) is 16.7. The maximum Gasteiger partial charge on any atom is 0.270 e. The Morgan fingerprint density at radius 2 is 2.13 bits per heavy atom. The highest BCUT2D eigenvalue weighted by Gasteiger charge is 2.27. The molecule has 0 unspecified atom stereocenters. The van der Waals surface area contributed by atoms with Gasteiger partial charge >= 0.3 is 0 Å². The van der Waals surface area contributed by atoms with E-state index in [2.05, 4.69) is 48.4 Å². The number of carbonyl (C=O) groups excluding carboxylic acids is 1. The van der Waals surface area contributed by atoms with E-state index in [0.717, 1.165) is 55.4 Å². The summed E-state index contributed by atoms with van der Waals surface area (Å²) in [5.41, 5.74) is 3.85. The number of unbranched alkanes of at least 4 members (excludes halogenated alkanes) is 1. The van der Waals surface area contributed by atoms with Gasteiger partial charge < -0.3 is 10.2 Å². The molecule has 158 valence electrons. The molecule has 1 saturated heterocycles. The molecule has 3 heterocycles. The van der Waals surface area contributed by atoms with Gasteiger partial charge in [0.2, 0.25) is 11.9 Å². The molecule has 0 aliphatic carbocycles. The summed E-state index contributed by atoms with van der Waals surface area (Å²) in [5, 5.41) is 5.04. The molecule has 1 aliphatic rings. The third-order valence-corrected chi connectivity index (χ3v) is 6.67. The Bertz CT molecular complexity index is 1090. The minimum atomic E-state index is -0.118. The van der Waals surface area contributed by atoms with Crippen LogP contribution in [0, 0.1) is 12.8 Å². The van der Waals surface area contributed by atoms with Gasteiger partial charge in [0.25, 0.3) is 5.56 Å². The molecular weight excluding hydrogens is 396 g/mol. The molecule has 1 atom stereocenters. The molecule has 0 radical (unpaired) electrons. The Morgan fingerprint density at radius 1 is 1.33 bits per heavy atom. The Hall–Kier alpha value is -2.67. The minimum Gasteiger partial charge on any atom is -0.356 e. The molecule has 30 heavy (non-hydrogen) atoms. The smallest absolute Gasteiger partial charge is 0.270 e. The molecule has 0 bridgehead atoms. The van der Waals surface area contributed by atoms with E-state index in [9.17, 15) is 9.59 Å². The minimum absolute atomic E-state index is 0.0735. The first-order valence-electron chi connectivity index (χ1n) is 10.7. The summed E-state index contributed by atoms with van der Waals surface area (Å²) in [7, 11) is 0. The zero-order valence-electron chi connectivity index (χ0n) is 17.5. The lowest BCUT2D eigenvalue weighted by molar-refractivity contribution is -0.125. The quantitative estimate of drug-likeness (QED) is 0.584. The fourth-order valence-electron chi connectivity index (χ4n) is 3.92. The van der Waals surface area contributed by atoms with E-state index in [-0.39, 0.29) is 17.4 Å². The molecule has 2 aromatic heterocycles. The average molecular weight is 425 g/mol. The first kappa shape index (κ1) is 20.6. The van der Waals surface area contributed by atoms with Crippen LogP contribution in [0.3, 0.4) is 0 Å². The summed E-state index contributed by atoms with van der Waals surface area (Å²) in [6, 6.07) is 8.27. The number of hydrogen-bond acceptors (Lipinski definition) is 5. The topological polar surface area (TPSA) is 78.1 Å². The van der Waals surface area contributed by atoms with Gasteiger partial charge in [0.15, 0.2) is 0 Å². The summed E-state index contributed by atoms with van der Waals surface area (Å²) in [6.07, 6.45) is 3.83. The maximum atomic E-state index is 12.7. The van der Waals surface area contributed by atoms with Crippen LogP contribution >= 0.6 is 11.3 Å². The first-order valence-corrected chi connectivity index (χ1v) is 11.6. The summed E-state index contributed by atoms with van der Waals surface area (Å²) in [6.45, 7) is 6.26. The number of nitrogens with one attached hydrogen (secondary N) is 2. The summed E-state index contributed by atoms with van der Waals surface area (Å²) in [4.78, 5) is 35.1. The number of aryl methyl sites for hydroxylation is 1. The lowest BCUT2D eigenvalue weighted by Gasteiger charge is -2.32. The van der Waals surface area contributed by atoms with Crippen molar-refractivity contribution in [1.29, 1.82) is 0 Å². The van der Waals surface area contributed by atoms with Crippen molar-refractivity contribution < 1.29 is 4.79 Å². The van der Waals surface area contributed by atoms with Crippen molar-refractivity contribution in [2.75, 3.05) is 24.5 Å². The second-order valence-electron chi connectivity index (χ2n) is 8.01. The largest absolute Gasteiger partial charge is 0.356 e. The Kier molecular flexibility index (Phi) is 6.18. The van der Waals surface area contributed by atoms with Crippen LogP contribution in [-0.4, -0.2) is 35.5 Å². The highest BCUT2D eigenvalue weighted by Crippen LogP contribution is 2.32. The molecule has 3 aromatic rings. The molecule has 7 heteroatoms. The van der Waals surface area contributed by atoms with Crippen molar-refractivity contribution in [2.45, 2.75) is 39.5 Å². The van der Waals surface area contributed by atoms with Gasteiger partial charge in [0.05, 0.1) is 11.4 Å². The van der Waals surface area contributed by atoms with Crippen molar-refractivity contribution in [1.82, 2.24) is 15.3 Å². The standard InChI is InChI=1S/C23H28N4O2S/c1-3-4-11-24-21(28)17-6-5-12-27(13-17)23-25-19-18(14-30-20(19)22(29)26-23)16-9-7-15(2)8-10-16/h7-10,14,17H,3-6,11-13H2,1-2H3,(H,24,28)(H,25,26,29)/t17-/m1/s1. The third-order valence-electron chi connectivity index (χ3n) is 5.70. The molecule has 1 aromatic carbocycles. The predicted octanol–water partition coefficient (Wildman–Crippen LogP) is 4.09. The van der Waals surface area contributed by atoms with E-state index in [1.54, 1.807) is 0 Å². The van der Waals surface area contributed by atoms with Gasteiger partial charge in [-0.15, -0.1) is 11.3 Å². The molecule has 1 fully saturated rings. The Balaban J connectivity index is 1.61. The number of nitrogens with zero attached hydrogens (tertiary/aromatic N) is 2. The van der Waals surface area contributed by atoms with Crippen LogP contribution in [0.1, 0.15) is 38.2 Å². The fourth-order valence-corrected chi connectivity index (χ4v) is 4.83. The first-order chi connectivity index (χ1) is 14.6. The number of benzene rings is 1. The van der Waals surface area contributed by atoms with Crippen LogP contribution in [0.5, 0.6) is 0 Å². The van der Waals surface area contributed by atoms with E-state index < -0.39 is 0 Å². The van der Waals surface area contributed by atoms with Gasteiger partial charge in [-0.1, -0.05) is 43.2 Å². The number of carbonyl (C=O) groups is 1. The number of aromatic amines is 1. The number of thiophene rings is 1. The number of aromatic nitrogens is 2. The molecule has 6 nitrogen and oxygen atoms in total. The second kappa shape index (κ2) is 9.00. The van der Waals surface area contributed by atoms with Gasteiger partial charge in [-0.3, -0.25) is 14.6 Å². The molecule has 4 rings (SSSR count). The number of fused-ring (bicyclic) bond motifs is 1. The molecule has 0 saturated carbocycles. The lowest BCUT2D eigenvalue weighted by Crippen LogP contribution is -2.44.